The van der Waals surface area contributed by atoms with Crippen LogP contribution in [0, 0.1) is 105 Å². The Morgan fingerprint density at radius 2 is 0.550 bits per heavy atom. The number of alkyl halides is 4. The van der Waals surface area contributed by atoms with Gasteiger partial charge in [0.25, 0.3) is 0 Å². The summed E-state index contributed by atoms with van der Waals surface area (Å²) in [6.07, 6.45) is 3.33. The zero-order valence-electron chi connectivity index (χ0n) is 69.0. The number of benzene rings is 15. The molecular weight excluding hydrogens is 1770 g/mol. The summed E-state index contributed by atoms with van der Waals surface area (Å²) in [5, 5.41) is 5.54. The van der Waals surface area contributed by atoms with Crippen LogP contribution in [-0.2, 0) is 31.5 Å². The van der Waals surface area contributed by atoms with Crippen molar-refractivity contribution in [2.75, 3.05) is 0 Å². The number of fused-ring (bicyclic) bond motifs is 3. The number of ether oxygens (including phenoxy) is 2. The summed E-state index contributed by atoms with van der Waals surface area (Å²) in [6, 6.07) is 58.3. The molecule has 0 atom stereocenters. The van der Waals surface area contributed by atoms with E-state index in [2.05, 4.69) is 90.6 Å². The van der Waals surface area contributed by atoms with Crippen molar-refractivity contribution in [1.82, 2.24) is 0 Å². The van der Waals surface area contributed by atoms with E-state index in [1.165, 1.54) is 36.5 Å². The fourth-order valence-corrected chi connectivity index (χ4v) is 15.4. The van der Waals surface area contributed by atoms with Crippen LogP contribution < -0.4 is 9.47 Å². The van der Waals surface area contributed by atoms with E-state index in [4.69, 9.17) is 34.8 Å². The maximum absolute atomic E-state index is 14.8. The molecule has 0 amide bonds. The molecule has 15 rings (SSSR count). The lowest BCUT2D eigenvalue weighted by molar-refractivity contribution is -0.190. The van der Waals surface area contributed by atoms with Gasteiger partial charge in [-0.3, -0.25) is 0 Å². The molecule has 0 aliphatic rings. The van der Waals surface area contributed by atoms with Crippen molar-refractivity contribution in [1.29, 1.82) is 0 Å². The molecule has 0 fully saturated rings. The van der Waals surface area contributed by atoms with E-state index in [9.17, 15) is 87.8 Å². The van der Waals surface area contributed by atoms with Crippen molar-refractivity contribution in [3.63, 3.8) is 0 Å². The number of halogens is 23. The van der Waals surface area contributed by atoms with Gasteiger partial charge in [0, 0.05) is 69.1 Å². The first-order valence-electron chi connectivity index (χ1n) is 40.7. The normalized spacial score (nSPS) is 11.4. The highest BCUT2D eigenvalue weighted by Crippen LogP contribution is 2.45. The van der Waals surface area contributed by atoms with Crippen LogP contribution in [0.15, 0.2) is 237 Å². The molecule has 0 spiro atoms. The minimum Gasteiger partial charge on any atom is -0.429 e. The van der Waals surface area contributed by atoms with E-state index < -0.39 is 128 Å². The van der Waals surface area contributed by atoms with Crippen molar-refractivity contribution >= 4 is 67.1 Å². The maximum atomic E-state index is 14.8. The third-order valence-corrected chi connectivity index (χ3v) is 22.2. The smallest absolute Gasteiger partial charge is 0.429 e. The molecule has 0 aromatic heterocycles. The number of aryl methyl sites for hydroxylation is 3. The van der Waals surface area contributed by atoms with Gasteiger partial charge >= 0.3 is 12.2 Å². The van der Waals surface area contributed by atoms with Crippen LogP contribution in [0.2, 0.25) is 15.1 Å². The van der Waals surface area contributed by atoms with Gasteiger partial charge in [-0.05, 0) is 188 Å². The van der Waals surface area contributed by atoms with Crippen molar-refractivity contribution in [3.05, 3.63) is 378 Å². The first kappa shape index (κ1) is 95.8. The van der Waals surface area contributed by atoms with Crippen LogP contribution in [0.3, 0.4) is 0 Å². The summed E-state index contributed by atoms with van der Waals surface area (Å²) >= 11 is 19.6. The zero-order valence-corrected chi connectivity index (χ0v) is 71.3. The summed E-state index contributed by atoms with van der Waals surface area (Å²) in [6.45, 7) is 8.46. The Kier molecular flexibility index (Phi) is 31.4. The molecule has 0 unspecified atom stereocenters. The van der Waals surface area contributed by atoms with Crippen LogP contribution in [-0.4, -0.2) is 0 Å². The average molecular weight is 1840 g/mol. The Balaban J connectivity index is 0.000000157. The van der Waals surface area contributed by atoms with E-state index in [-0.39, 0.29) is 57.1 Å². The zero-order chi connectivity index (χ0) is 92.9. The Morgan fingerprint density at radius 3 is 0.891 bits per heavy atom. The SMILES string of the molecule is CCCCCC#Cc1ccc2c(Cl)c(-c3cc(F)c(C(F)(F)Oc4cc(F)c(F)c(F)c4)c(F)c3)ccc2c1.CCCCCc1ccc(-c2ccc3c(Cl)c(-c4cc(F)c(F)c(F)c4)ccc3c2)cc1.CCCc1ccc(-c2cc(F)c(C(F)(F)Oc3cc(F)c(F)c(F)c3)c(F)c2)cc1.CCCc1ccc(-c2ccc3c(Cl)c(-c4cc(F)c(F)c(F)c4)ccc3c2)cc1. The molecule has 0 saturated heterocycles. The lowest BCUT2D eigenvalue weighted by atomic mass is 9.96. The quantitative estimate of drug-likeness (QED) is 0.0275. The second kappa shape index (κ2) is 42.3. The van der Waals surface area contributed by atoms with Crippen molar-refractivity contribution < 1.29 is 97.3 Å². The minimum atomic E-state index is -4.69. The number of hydrogen-bond donors (Lipinski definition) is 0. The van der Waals surface area contributed by atoms with Gasteiger partial charge in [-0.2, -0.15) is 17.6 Å². The standard InChI is InChI=1S/C30H20ClF7O.C27H22ClF3.C25H18ClF3.C22H15F7O/c1-2-3-4-5-6-7-17-8-10-21-18(12-17)9-11-22(28(21)31)19-13-23(32)27(24(33)14-19)30(37,38)39-20-15-25(34)29(36)26(35)16-20;1-2-3-4-5-17-6-8-18(9-7-17)19-10-12-22-20(14-19)11-13-23(26(22)28)21-15-24(29)27(31)25(30)16-21;1-2-3-15-4-6-16(7-5-15)17-8-10-20-18(12-17)9-11-21(24(20)26)19-13-22(27)25(29)23(28)14-19;1-2-3-12-4-6-13(7-5-12)14-8-16(23)20(17(24)9-14)22(28,29)30-15-10-18(25)21(27)19(26)11-15/h8-16H,2-5H2,1H3;6-16H,2-5H2,1H3;4-14H,2-3H2,1H3;4-11H,2-3H2,1H3. The van der Waals surface area contributed by atoms with Gasteiger partial charge in [-0.1, -0.05) is 252 Å². The molecule has 0 aliphatic heterocycles. The molecule has 25 heteroatoms. The largest absolute Gasteiger partial charge is 0.432 e. The predicted molar refractivity (Wildman–Crippen MR) is 469 cm³/mol. The van der Waals surface area contributed by atoms with Gasteiger partial charge in [-0.25, -0.2) is 70.2 Å². The summed E-state index contributed by atoms with van der Waals surface area (Å²) in [5.74, 6) is -21.6. The maximum Gasteiger partial charge on any atom is 0.432 e. The van der Waals surface area contributed by atoms with E-state index in [0.29, 0.717) is 56.4 Å². The summed E-state index contributed by atoms with van der Waals surface area (Å²) in [7, 11) is 0. The van der Waals surface area contributed by atoms with E-state index in [0.717, 1.165) is 142 Å². The summed E-state index contributed by atoms with van der Waals surface area (Å²) in [5.41, 5.74) is 7.02. The van der Waals surface area contributed by atoms with Gasteiger partial charge in [-0.15, -0.1) is 0 Å². The van der Waals surface area contributed by atoms with Crippen molar-refractivity contribution in [2.45, 2.75) is 117 Å². The Labute approximate surface area is 745 Å². The monoisotopic (exact) mass is 1840 g/mol. The third kappa shape index (κ3) is 22.9. The van der Waals surface area contributed by atoms with Gasteiger partial charge in [0.1, 0.15) is 45.9 Å². The van der Waals surface area contributed by atoms with E-state index in [1.807, 2.05) is 61.5 Å². The molecule has 0 saturated carbocycles. The van der Waals surface area contributed by atoms with Crippen LogP contribution >= 0.6 is 34.8 Å². The first-order valence-corrected chi connectivity index (χ1v) is 41.9. The van der Waals surface area contributed by atoms with Crippen LogP contribution in [0.1, 0.15) is 119 Å². The summed E-state index contributed by atoms with van der Waals surface area (Å²) in [4.78, 5) is 0. The van der Waals surface area contributed by atoms with Gasteiger partial charge in [0.2, 0.25) is 0 Å². The number of unbranched alkanes of at least 4 members (excludes halogenated alkanes) is 5. The lowest BCUT2D eigenvalue weighted by Gasteiger charge is -2.20. The minimum absolute atomic E-state index is 0.0199. The van der Waals surface area contributed by atoms with Gasteiger partial charge in [0.15, 0.2) is 69.8 Å². The highest BCUT2D eigenvalue weighted by molar-refractivity contribution is 6.39. The Hall–Kier alpha value is -12.3. The highest BCUT2D eigenvalue weighted by atomic mass is 35.5. The summed E-state index contributed by atoms with van der Waals surface area (Å²) < 4.78 is 285. The number of rotatable bonds is 23. The predicted octanol–water partition coefficient (Wildman–Crippen LogP) is 34.2. The van der Waals surface area contributed by atoms with Crippen molar-refractivity contribution in [2.24, 2.45) is 0 Å². The molecule has 2 nitrogen and oxygen atoms in total. The molecule has 664 valence electrons. The number of hydrogen-bond acceptors (Lipinski definition) is 2. The second-order valence-electron chi connectivity index (χ2n) is 30.2. The molecular formula is C104H75Cl3F20O2. The molecule has 15 aromatic carbocycles. The fourth-order valence-electron chi connectivity index (χ4n) is 14.4. The van der Waals surface area contributed by atoms with Gasteiger partial charge < -0.3 is 9.47 Å². The Bertz CT molecular complexity index is 6550. The topological polar surface area (TPSA) is 18.5 Å². The molecule has 0 heterocycles. The second-order valence-corrected chi connectivity index (χ2v) is 31.3. The van der Waals surface area contributed by atoms with Crippen LogP contribution in [0.25, 0.3) is 99.1 Å². The van der Waals surface area contributed by atoms with Gasteiger partial charge in [0.05, 0.1) is 15.1 Å². The average Bonchev–Trinajstić information content (AvgIpc) is 0.778. The molecule has 129 heavy (non-hydrogen) atoms. The molecule has 0 aliphatic carbocycles. The van der Waals surface area contributed by atoms with Crippen LogP contribution in [0.5, 0.6) is 11.5 Å². The lowest BCUT2D eigenvalue weighted by Crippen LogP contribution is -2.25. The first-order chi connectivity index (χ1) is 61.6. The molecule has 15 aromatic rings. The fraction of sp³-hybridized carbons (Fsp3) is 0.173. The van der Waals surface area contributed by atoms with E-state index in [1.54, 1.807) is 54.6 Å². The Morgan fingerprint density at radius 1 is 0.264 bits per heavy atom. The molecule has 0 radical (unpaired) electrons. The highest BCUT2D eigenvalue weighted by Gasteiger charge is 2.43. The van der Waals surface area contributed by atoms with E-state index >= 15 is 0 Å². The van der Waals surface area contributed by atoms with Crippen LogP contribution in [0.4, 0.5) is 87.8 Å². The molecule has 0 bridgehead atoms. The molecule has 0 N–H and O–H groups in total. The van der Waals surface area contributed by atoms with Crippen molar-refractivity contribution in [3.8, 4) is 90.1 Å². The third-order valence-electron chi connectivity index (χ3n) is 21.0.